The van der Waals surface area contributed by atoms with Gasteiger partial charge in [-0.2, -0.15) is 9.97 Å². The fourth-order valence-corrected chi connectivity index (χ4v) is 1.39. The number of nitrogen functional groups attached to an aromatic ring is 1. The van der Waals surface area contributed by atoms with Crippen LogP contribution >= 0.6 is 0 Å². The van der Waals surface area contributed by atoms with E-state index < -0.39 is 5.91 Å². The van der Waals surface area contributed by atoms with Crippen LogP contribution in [0.2, 0.25) is 0 Å². The van der Waals surface area contributed by atoms with Crippen LogP contribution in [0.4, 0.5) is 5.95 Å². The first-order valence-electron chi connectivity index (χ1n) is 4.99. The Kier molecular flexibility index (Phi) is 2.95. The molecule has 2 aromatic rings. The van der Waals surface area contributed by atoms with Crippen LogP contribution in [0.5, 0.6) is 0 Å². The van der Waals surface area contributed by atoms with Gasteiger partial charge in [-0.15, -0.1) is 0 Å². The molecule has 1 aromatic heterocycles. The van der Waals surface area contributed by atoms with E-state index in [0.29, 0.717) is 5.82 Å². The lowest BCUT2D eigenvalue weighted by atomic mass is 10.2. The monoisotopic (exact) mass is 229 g/mol. The smallest absolute Gasteiger partial charge is 0.225 e. The molecule has 17 heavy (non-hydrogen) atoms. The minimum atomic E-state index is -0.505. The van der Waals surface area contributed by atoms with Crippen molar-refractivity contribution in [2.45, 2.75) is 6.42 Å². The largest absolute Gasteiger partial charge is 0.369 e. The van der Waals surface area contributed by atoms with Crippen LogP contribution in [0, 0.1) is 0 Å². The SMILES string of the molecule is NC(=O)Cc1nc(N)nc(-c2ccccc2)n1. The highest BCUT2D eigenvalue weighted by atomic mass is 16.1. The number of rotatable bonds is 3. The zero-order valence-corrected chi connectivity index (χ0v) is 9.00. The van der Waals surface area contributed by atoms with E-state index in [1.807, 2.05) is 30.3 Å². The average Bonchev–Trinajstić information content (AvgIpc) is 2.28. The van der Waals surface area contributed by atoms with E-state index in [0.717, 1.165) is 5.56 Å². The number of carbonyl (C=O) groups is 1. The Labute approximate surface area is 97.7 Å². The molecule has 0 saturated heterocycles. The topological polar surface area (TPSA) is 108 Å². The van der Waals surface area contributed by atoms with Crippen molar-refractivity contribution in [2.75, 3.05) is 5.73 Å². The molecule has 1 aromatic carbocycles. The van der Waals surface area contributed by atoms with Crippen LogP contribution in [-0.4, -0.2) is 20.9 Å². The van der Waals surface area contributed by atoms with E-state index in [4.69, 9.17) is 11.5 Å². The number of aromatic nitrogens is 3. The Hall–Kier alpha value is -2.50. The molecule has 6 heteroatoms. The van der Waals surface area contributed by atoms with Crippen LogP contribution < -0.4 is 11.5 Å². The van der Waals surface area contributed by atoms with Gasteiger partial charge < -0.3 is 11.5 Å². The molecule has 0 spiro atoms. The zero-order valence-electron chi connectivity index (χ0n) is 9.00. The van der Waals surface area contributed by atoms with Crippen molar-refractivity contribution in [1.29, 1.82) is 0 Å². The summed E-state index contributed by atoms with van der Waals surface area (Å²) < 4.78 is 0. The van der Waals surface area contributed by atoms with Crippen molar-refractivity contribution in [2.24, 2.45) is 5.73 Å². The van der Waals surface area contributed by atoms with E-state index in [2.05, 4.69) is 15.0 Å². The predicted octanol–water partition coefficient (Wildman–Crippen LogP) is 0.149. The van der Waals surface area contributed by atoms with Gasteiger partial charge in [-0.25, -0.2) is 4.98 Å². The van der Waals surface area contributed by atoms with Crippen LogP contribution in [0.3, 0.4) is 0 Å². The van der Waals surface area contributed by atoms with Gasteiger partial charge in [-0.05, 0) is 0 Å². The minimum absolute atomic E-state index is 0.0491. The molecule has 6 nitrogen and oxygen atoms in total. The molecule has 0 aliphatic carbocycles. The molecular formula is C11H11N5O. The second-order valence-corrected chi connectivity index (χ2v) is 3.44. The van der Waals surface area contributed by atoms with Crippen molar-refractivity contribution >= 4 is 11.9 Å². The van der Waals surface area contributed by atoms with Gasteiger partial charge in [0, 0.05) is 5.56 Å². The molecule has 0 bridgehead atoms. The molecule has 0 saturated carbocycles. The second kappa shape index (κ2) is 4.56. The molecular weight excluding hydrogens is 218 g/mol. The molecule has 0 unspecified atom stereocenters. The van der Waals surface area contributed by atoms with E-state index in [1.54, 1.807) is 0 Å². The average molecular weight is 229 g/mol. The number of carbonyl (C=O) groups excluding carboxylic acids is 1. The molecule has 0 aliphatic heterocycles. The van der Waals surface area contributed by atoms with Crippen molar-refractivity contribution in [3.63, 3.8) is 0 Å². The van der Waals surface area contributed by atoms with E-state index >= 15 is 0 Å². The first-order chi connectivity index (χ1) is 8.15. The van der Waals surface area contributed by atoms with Crippen molar-refractivity contribution < 1.29 is 4.79 Å². The van der Waals surface area contributed by atoms with E-state index in [9.17, 15) is 4.79 Å². The van der Waals surface area contributed by atoms with Crippen LogP contribution in [0.1, 0.15) is 5.82 Å². The Bertz CT molecular complexity index is 541. The van der Waals surface area contributed by atoms with Gasteiger partial charge >= 0.3 is 0 Å². The summed E-state index contributed by atoms with van der Waals surface area (Å²) in [5, 5.41) is 0. The van der Waals surface area contributed by atoms with Gasteiger partial charge in [-0.1, -0.05) is 30.3 Å². The Morgan fingerprint density at radius 1 is 1.12 bits per heavy atom. The highest BCUT2D eigenvalue weighted by Gasteiger charge is 2.08. The third-order valence-corrected chi connectivity index (χ3v) is 2.06. The third kappa shape index (κ3) is 2.75. The zero-order chi connectivity index (χ0) is 12.3. The number of hydrogen-bond donors (Lipinski definition) is 2. The van der Waals surface area contributed by atoms with Crippen molar-refractivity contribution in [3.8, 4) is 11.4 Å². The summed E-state index contributed by atoms with van der Waals surface area (Å²) in [6, 6.07) is 9.32. The van der Waals surface area contributed by atoms with Gasteiger partial charge in [0.1, 0.15) is 5.82 Å². The highest BCUT2D eigenvalue weighted by molar-refractivity contribution is 5.75. The first kappa shape index (κ1) is 11.0. The van der Waals surface area contributed by atoms with Gasteiger partial charge in [0.25, 0.3) is 0 Å². The summed E-state index contributed by atoms with van der Waals surface area (Å²) in [6.45, 7) is 0. The fourth-order valence-electron chi connectivity index (χ4n) is 1.39. The van der Waals surface area contributed by atoms with Gasteiger partial charge in [0.05, 0.1) is 6.42 Å². The lowest BCUT2D eigenvalue weighted by Crippen LogP contribution is -2.17. The van der Waals surface area contributed by atoms with Crippen molar-refractivity contribution in [1.82, 2.24) is 15.0 Å². The summed E-state index contributed by atoms with van der Waals surface area (Å²) in [7, 11) is 0. The summed E-state index contributed by atoms with van der Waals surface area (Å²) in [4.78, 5) is 22.8. The Morgan fingerprint density at radius 3 is 2.47 bits per heavy atom. The number of anilines is 1. The standard InChI is InChI=1S/C11H11N5O/c12-8(17)6-9-14-10(16-11(13)15-9)7-4-2-1-3-5-7/h1-5H,6H2,(H2,12,17)(H2,13,14,15,16). The minimum Gasteiger partial charge on any atom is -0.369 e. The summed E-state index contributed by atoms with van der Waals surface area (Å²) >= 11 is 0. The van der Waals surface area contributed by atoms with Gasteiger partial charge in [-0.3, -0.25) is 4.79 Å². The molecule has 0 aliphatic rings. The third-order valence-electron chi connectivity index (χ3n) is 2.06. The van der Waals surface area contributed by atoms with E-state index in [1.165, 1.54) is 0 Å². The number of nitrogens with zero attached hydrogens (tertiary/aromatic N) is 3. The van der Waals surface area contributed by atoms with Crippen molar-refractivity contribution in [3.05, 3.63) is 36.2 Å². The number of nitrogens with two attached hydrogens (primary N) is 2. The van der Waals surface area contributed by atoms with E-state index in [-0.39, 0.29) is 18.2 Å². The number of amides is 1. The maximum Gasteiger partial charge on any atom is 0.225 e. The molecule has 0 fully saturated rings. The summed E-state index contributed by atoms with van der Waals surface area (Å²) in [5.74, 6) is 0.294. The quantitative estimate of drug-likeness (QED) is 0.778. The molecule has 1 amide bonds. The Balaban J connectivity index is 2.42. The molecule has 2 rings (SSSR count). The van der Waals surface area contributed by atoms with Crippen LogP contribution in [0.25, 0.3) is 11.4 Å². The lowest BCUT2D eigenvalue weighted by molar-refractivity contribution is -0.117. The predicted molar refractivity (Wildman–Crippen MR) is 62.6 cm³/mol. The summed E-state index contributed by atoms with van der Waals surface area (Å²) in [5.41, 5.74) is 11.5. The number of benzene rings is 1. The van der Waals surface area contributed by atoms with Crippen LogP contribution in [-0.2, 0) is 11.2 Å². The molecule has 4 N–H and O–H groups in total. The highest BCUT2D eigenvalue weighted by Crippen LogP contribution is 2.14. The Morgan fingerprint density at radius 2 is 1.82 bits per heavy atom. The maximum atomic E-state index is 10.8. The second-order valence-electron chi connectivity index (χ2n) is 3.44. The summed E-state index contributed by atoms with van der Waals surface area (Å²) in [6.07, 6.45) is -0.0491. The first-order valence-corrected chi connectivity index (χ1v) is 4.99. The van der Waals surface area contributed by atoms with Crippen LogP contribution in [0.15, 0.2) is 30.3 Å². The van der Waals surface area contributed by atoms with Gasteiger partial charge in [0.15, 0.2) is 5.82 Å². The number of primary amides is 1. The molecule has 1 heterocycles. The normalized spacial score (nSPS) is 10.1. The molecule has 86 valence electrons. The maximum absolute atomic E-state index is 10.8. The molecule has 0 radical (unpaired) electrons. The molecule has 0 atom stereocenters. The number of hydrogen-bond acceptors (Lipinski definition) is 5. The fraction of sp³-hybridized carbons (Fsp3) is 0.0909. The van der Waals surface area contributed by atoms with Gasteiger partial charge in [0.2, 0.25) is 11.9 Å². The lowest BCUT2D eigenvalue weighted by Gasteiger charge is -2.03.